The number of aliphatic carboxylic acids is 1. The van der Waals surface area contributed by atoms with Gasteiger partial charge in [-0.2, -0.15) is 0 Å². The van der Waals surface area contributed by atoms with Crippen molar-refractivity contribution < 1.29 is 24.1 Å². The molecule has 1 aromatic carbocycles. The summed E-state index contributed by atoms with van der Waals surface area (Å²) in [5.41, 5.74) is 0.910. The number of carboxylic acid groups (broad SMARTS) is 1. The van der Waals surface area contributed by atoms with Crippen LogP contribution in [0.3, 0.4) is 0 Å². The Balaban J connectivity index is 2.82. The lowest BCUT2D eigenvalue weighted by molar-refractivity contribution is -0.137. The monoisotopic (exact) mass is 297 g/mol. The first-order valence-corrected chi connectivity index (χ1v) is 6.75. The molecule has 2 N–H and O–H groups in total. The van der Waals surface area contributed by atoms with E-state index in [-0.39, 0.29) is 12.5 Å². The summed E-state index contributed by atoms with van der Waals surface area (Å²) in [6.45, 7) is 1.13. The molecule has 0 saturated carbocycles. The molecule has 0 aliphatic rings. The summed E-state index contributed by atoms with van der Waals surface area (Å²) in [4.78, 5) is 11.0. The van der Waals surface area contributed by atoms with Crippen molar-refractivity contribution in [2.45, 2.75) is 18.9 Å². The van der Waals surface area contributed by atoms with E-state index in [1.807, 2.05) is 18.2 Å². The minimum atomic E-state index is -0.841. The molecule has 1 atom stereocenters. The second-order valence-electron chi connectivity index (χ2n) is 4.62. The first-order valence-electron chi connectivity index (χ1n) is 6.75. The largest absolute Gasteiger partial charge is 0.497 e. The van der Waals surface area contributed by atoms with E-state index in [0.29, 0.717) is 19.6 Å². The number of methoxy groups -OCH3 is 3. The van der Waals surface area contributed by atoms with Gasteiger partial charge in [-0.1, -0.05) is 0 Å². The van der Waals surface area contributed by atoms with Crippen LogP contribution in [0.1, 0.15) is 12.0 Å². The topological polar surface area (TPSA) is 77.0 Å². The highest BCUT2D eigenvalue weighted by Gasteiger charge is 2.16. The number of hydrogen-bond acceptors (Lipinski definition) is 5. The van der Waals surface area contributed by atoms with E-state index in [1.54, 1.807) is 21.3 Å². The van der Waals surface area contributed by atoms with Gasteiger partial charge in [0.05, 0.1) is 27.2 Å². The Kier molecular flexibility index (Phi) is 7.56. The summed E-state index contributed by atoms with van der Waals surface area (Å²) >= 11 is 0. The Morgan fingerprint density at radius 2 is 2.05 bits per heavy atom. The van der Waals surface area contributed by atoms with Gasteiger partial charge in [0.25, 0.3) is 0 Å². The summed E-state index contributed by atoms with van der Waals surface area (Å²) in [6.07, 6.45) is 0.570. The Bertz CT molecular complexity index is 450. The van der Waals surface area contributed by atoms with Crippen LogP contribution in [0.25, 0.3) is 0 Å². The van der Waals surface area contributed by atoms with Gasteiger partial charge in [-0.15, -0.1) is 0 Å². The third-order valence-corrected chi connectivity index (χ3v) is 3.11. The molecule has 6 nitrogen and oxygen atoms in total. The molecule has 6 heteroatoms. The highest BCUT2D eigenvalue weighted by Crippen LogP contribution is 2.25. The Morgan fingerprint density at radius 3 is 2.62 bits per heavy atom. The second kappa shape index (κ2) is 9.20. The molecule has 1 unspecified atom stereocenters. The van der Waals surface area contributed by atoms with Gasteiger partial charge < -0.3 is 24.6 Å². The van der Waals surface area contributed by atoms with Crippen molar-refractivity contribution in [3.63, 3.8) is 0 Å². The zero-order valence-electron chi connectivity index (χ0n) is 12.7. The molecule has 0 fully saturated rings. The smallest absolute Gasteiger partial charge is 0.304 e. The van der Waals surface area contributed by atoms with E-state index in [4.69, 9.17) is 19.3 Å². The van der Waals surface area contributed by atoms with Crippen molar-refractivity contribution in [2.75, 3.05) is 34.5 Å². The summed E-state index contributed by atoms with van der Waals surface area (Å²) in [6, 6.07) is 5.30. The molecule has 21 heavy (non-hydrogen) atoms. The molecule has 0 radical (unpaired) electrons. The average molecular weight is 297 g/mol. The van der Waals surface area contributed by atoms with E-state index < -0.39 is 5.97 Å². The molecule has 0 aliphatic heterocycles. The van der Waals surface area contributed by atoms with Crippen molar-refractivity contribution in [3.05, 3.63) is 23.8 Å². The fourth-order valence-corrected chi connectivity index (χ4v) is 2.10. The number of rotatable bonds is 10. The lowest BCUT2D eigenvalue weighted by Crippen LogP contribution is -2.35. The summed E-state index contributed by atoms with van der Waals surface area (Å²) < 4.78 is 15.5. The van der Waals surface area contributed by atoms with Gasteiger partial charge in [0, 0.05) is 19.7 Å². The highest BCUT2D eigenvalue weighted by atomic mass is 16.5. The molecule has 0 heterocycles. The zero-order valence-corrected chi connectivity index (χ0v) is 12.7. The first kappa shape index (κ1) is 17.3. The van der Waals surface area contributed by atoms with E-state index in [2.05, 4.69) is 5.32 Å². The van der Waals surface area contributed by atoms with Crippen molar-refractivity contribution >= 4 is 5.97 Å². The molecule has 118 valence electrons. The van der Waals surface area contributed by atoms with E-state index >= 15 is 0 Å². The average Bonchev–Trinajstić information content (AvgIpc) is 2.46. The standard InChI is InChI=1S/C15H23NO5/c1-19-7-6-16-12(10-15(17)18)8-11-9-13(20-2)4-5-14(11)21-3/h4-5,9,12,16H,6-8,10H2,1-3H3,(H,17,18). The van der Waals surface area contributed by atoms with Crippen LogP contribution in [-0.4, -0.2) is 51.6 Å². The number of carboxylic acids is 1. The van der Waals surface area contributed by atoms with E-state index in [1.165, 1.54) is 0 Å². The number of nitrogens with one attached hydrogen (secondary N) is 1. The number of carbonyl (C=O) groups is 1. The van der Waals surface area contributed by atoms with Gasteiger partial charge in [0.2, 0.25) is 0 Å². The number of ether oxygens (including phenoxy) is 3. The Hall–Kier alpha value is -1.79. The normalized spacial score (nSPS) is 12.0. The van der Waals surface area contributed by atoms with Crippen LogP contribution in [0.15, 0.2) is 18.2 Å². The van der Waals surface area contributed by atoms with Crippen LogP contribution < -0.4 is 14.8 Å². The molecule has 0 saturated heterocycles. The highest BCUT2D eigenvalue weighted by molar-refractivity contribution is 5.67. The van der Waals surface area contributed by atoms with Crippen LogP contribution in [0, 0.1) is 0 Å². The molecular weight excluding hydrogens is 274 g/mol. The summed E-state index contributed by atoms with van der Waals surface area (Å²) in [7, 11) is 4.80. The summed E-state index contributed by atoms with van der Waals surface area (Å²) in [5.74, 6) is 0.600. The third-order valence-electron chi connectivity index (χ3n) is 3.11. The molecule has 0 aromatic heterocycles. The minimum absolute atomic E-state index is 0.0318. The summed E-state index contributed by atoms with van der Waals surface area (Å²) in [5, 5.41) is 12.2. The van der Waals surface area contributed by atoms with Gasteiger partial charge in [0.15, 0.2) is 0 Å². The van der Waals surface area contributed by atoms with Gasteiger partial charge in [-0.05, 0) is 30.2 Å². The molecule has 1 rings (SSSR count). The minimum Gasteiger partial charge on any atom is -0.497 e. The quantitative estimate of drug-likeness (QED) is 0.634. The predicted molar refractivity (Wildman–Crippen MR) is 79.2 cm³/mol. The Morgan fingerprint density at radius 1 is 1.29 bits per heavy atom. The van der Waals surface area contributed by atoms with Crippen LogP contribution in [0.2, 0.25) is 0 Å². The maximum Gasteiger partial charge on any atom is 0.304 e. The van der Waals surface area contributed by atoms with Gasteiger partial charge in [-0.25, -0.2) is 0 Å². The van der Waals surface area contributed by atoms with Gasteiger partial charge >= 0.3 is 5.97 Å². The fourth-order valence-electron chi connectivity index (χ4n) is 2.10. The molecular formula is C15H23NO5. The molecule has 0 amide bonds. The van der Waals surface area contributed by atoms with Crippen molar-refractivity contribution in [3.8, 4) is 11.5 Å². The molecule has 1 aromatic rings. The molecule has 0 bridgehead atoms. The van der Waals surface area contributed by atoms with Crippen LogP contribution in [0.5, 0.6) is 11.5 Å². The van der Waals surface area contributed by atoms with Crippen LogP contribution in [-0.2, 0) is 16.0 Å². The Labute approximate surface area is 125 Å². The maximum atomic E-state index is 11.0. The molecule has 0 aliphatic carbocycles. The SMILES string of the molecule is COCCNC(CC(=O)O)Cc1cc(OC)ccc1OC. The number of hydrogen-bond donors (Lipinski definition) is 2. The van der Waals surface area contributed by atoms with Crippen molar-refractivity contribution in [1.82, 2.24) is 5.32 Å². The zero-order chi connectivity index (χ0) is 15.7. The van der Waals surface area contributed by atoms with E-state index in [0.717, 1.165) is 17.1 Å². The van der Waals surface area contributed by atoms with Gasteiger partial charge in [-0.3, -0.25) is 4.79 Å². The van der Waals surface area contributed by atoms with Crippen LogP contribution >= 0.6 is 0 Å². The molecule has 0 spiro atoms. The lowest BCUT2D eigenvalue weighted by atomic mass is 10.0. The lowest BCUT2D eigenvalue weighted by Gasteiger charge is -2.19. The van der Waals surface area contributed by atoms with E-state index in [9.17, 15) is 4.79 Å². The maximum absolute atomic E-state index is 11.0. The predicted octanol–water partition coefficient (Wildman–Crippen LogP) is 1.33. The third kappa shape index (κ3) is 6.01. The van der Waals surface area contributed by atoms with Crippen LogP contribution in [0.4, 0.5) is 0 Å². The number of benzene rings is 1. The van der Waals surface area contributed by atoms with Crippen molar-refractivity contribution in [2.24, 2.45) is 0 Å². The first-order chi connectivity index (χ1) is 10.1. The van der Waals surface area contributed by atoms with Crippen molar-refractivity contribution in [1.29, 1.82) is 0 Å². The van der Waals surface area contributed by atoms with Gasteiger partial charge in [0.1, 0.15) is 11.5 Å². The fraction of sp³-hybridized carbons (Fsp3) is 0.533. The second-order valence-corrected chi connectivity index (χ2v) is 4.62.